The quantitative estimate of drug-likeness (QED) is 0.618. The molecule has 0 aliphatic carbocycles. The predicted octanol–water partition coefficient (Wildman–Crippen LogP) is 1.69. The number of pyridine rings is 1. The zero-order valence-corrected chi connectivity index (χ0v) is 14.8. The molecule has 0 atom stereocenters. The molecule has 2 N–H and O–H groups in total. The van der Waals surface area contributed by atoms with E-state index in [1.807, 2.05) is 6.07 Å². The van der Waals surface area contributed by atoms with Crippen LogP contribution in [0.5, 0.6) is 0 Å². The molecule has 0 saturated carbocycles. The Bertz CT molecular complexity index is 762. The standard InChI is InChI=1S/C18H25N5O2/c1-13-11-23(15-4-7-22(2)8-5-15)18-16(13)9-14(10-20-18)21-17(25)3-6-19-12-24/h9-12,15H,3-8H2,1-2H3,(H,19,24)(H,21,25). The van der Waals surface area contributed by atoms with E-state index >= 15 is 0 Å². The van der Waals surface area contributed by atoms with E-state index in [0.29, 0.717) is 24.7 Å². The van der Waals surface area contributed by atoms with Gasteiger partial charge in [0.1, 0.15) is 5.65 Å². The summed E-state index contributed by atoms with van der Waals surface area (Å²) in [6.45, 7) is 4.62. The molecule has 1 aliphatic heterocycles. The van der Waals surface area contributed by atoms with E-state index in [2.05, 4.69) is 45.3 Å². The van der Waals surface area contributed by atoms with Crippen LogP contribution in [0, 0.1) is 6.92 Å². The first kappa shape index (κ1) is 17.4. The molecule has 2 amide bonds. The van der Waals surface area contributed by atoms with Crippen LogP contribution in [0.2, 0.25) is 0 Å². The van der Waals surface area contributed by atoms with Gasteiger partial charge in [-0.25, -0.2) is 4.98 Å². The molecule has 1 saturated heterocycles. The van der Waals surface area contributed by atoms with Crippen LogP contribution in [-0.4, -0.2) is 53.5 Å². The first-order valence-corrected chi connectivity index (χ1v) is 8.71. The molecule has 0 bridgehead atoms. The Morgan fingerprint density at radius 3 is 2.88 bits per heavy atom. The molecule has 3 heterocycles. The summed E-state index contributed by atoms with van der Waals surface area (Å²) >= 11 is 0. The van der Waals surface area contributed by atoms with Crippen molar-refractivity contribution in [2.24, 2.45) is 0 Å². The molecule has 0 spiro atoms. The highest BCUT2D eigenvalue weighted by molar-refractivity contribution is 5.93. The van der Waals surface area contributed by atoms with Gasteiger partial charge in [0.15, 0.2) is 0 Å². The molecule has 7 heteroatoms. The molecule has 0 unspecified atom stereocenters. The number of aromatic nitrogens is 2. The first-order valence-electron chi connectivity index (χ1n) is 8.71. The Labute approximate surface area is 147 Å². The third-order valence-electron chi connectivity index (χ3n) is 4.81. The second kappa shape index (κ2) is 7.65. The summed E-state index contributed by atoms with van der Waals surface area (Å²) in [6.07, 6.45) is 6.97. The lowest BCUT2D eigenvalue weighted by atomic mass is 10.1. The van der Waals surface area contributed by atoms with Gasteiger partial charge < -0.3 is 20.1 Å². The van der Waals surface area contributed by atoms with Crippen molar-refractivity contribution in [1.29, 1.82) is 0 Å². The molecule has 25 heavy (non-hydrogen) atoms. The van der Waals surface area contributed by atoms with Crippen molar-refractivity contribution in [3.63, 3.8) is 0 Å². The molecule has 2 aromatic rings. The lowest BCUT2D eigenvalue weighted by Gasteiger charge is -2.30. The zero-order valence-electron chi connectivity index (χ0n) is 14.8. The highest BCUT2D eigenvalue weighted by atomic mass is 16.1. The number of amides is 2. The number of nitrogens with one attached hydrogen (secondary N) is 2. The first-order chi connectivity index (χ1) is 12.1. The number of carbonyl (C=O) groups excluding carboxylic acids is 2. The molecule has 7 nitrogen and oxygen atoms in total. The third kappa shape index (κ3) is 3.99. The average Bonchev–Trinajstić information content (AvgIpc) is 2.92. The zero-order chi connectivity index (χ0) is 17.8. The number of hydrogen-bond acceptors (Lipinski definition) is 4. The molecule has 3 rings (SSSR count). The van der Waals surface area contributed by atoms with E-state index in [1.54, 1.807) is 6.20 Å². The number of carbonyl (C=O) groups is 2. The van der Waals surface area contributed by atoms with Crippen molar-refractivity contribution in [3.8, 4) is 0 Å². The van der Waals surface area contributed by atoms with E-state index in [-0.39, 0.29) is 12.3 Å². The summed E-state index contributed by atoms with van der Waals surface area (Å²) in [7, 11) is 2.16. The van der Waals surface area contributed by atoms with Crippen LogP contribution in [0.25, 0.3) is 11.0 Å². The summed E-state index contributed by atoms with van der Waals surface area (Å²) in [5.41, 5.74) is 2.83. The van der Waals surface area contributed by atoms with Gasteiger partial charge in [-0.05, 0) is 51.5 Å². The van der Waals surface area contributed by atoms with Crippen molar-refractivity contribution >= 4 is 29.0 Å². The molecule has 134 valence electrons. The second-order valence-electron chi connectivity index (χ2n) is 6.72. The van der Waals surface area contributed by atoms with Crippen LogP contribution in [0.15, 0.2) is 18.5 Å². The van der Waals surface area contributed by atoms with E-state index in [4.69, 9.17) is 0 Å². The lowest BCUT2D eigenvalue weighted by molar-refractivity contribution is -0.116. The Hall–Kier alpha value is -2.41. The van der Waals surface area contributed by atoms with Crippen LogP contribution >= 0.6 is 0 Å². The topological polar surface area (TPSA) is 79.3 Å². The Kier molecular flexibility index (Phi) is 5.33. The van der Waals surface area contributed by atoms with Gasteiger partial charge in [0.2, 0.25) is 12.3 Å². The van der Waals surface area contributed by atoms with Crippen molar-refractivity contribution in [3.05, 3.63) is 24.0 Å². The Morgan fingerprint density at radius 1 is 1.40 bits per heavy atom. The maximum atomic E-state index is 11.9. The molecule has 1 fully saturated rings. The van der Waals surface area contributed by atoms with Gasteiger partial charge in [0, 0.05) is 30.6 Å². The SMILES string of the molecule is Cc1cn(C2CCN(C)CC2)c2ncc(NC(=O)CCNC=O)cc12. The highest BCUT2D eigenvalue weighted by Crippen LogP contribution is 2.29. The number of anilines is 1. The van der Waals surface area contributed by atoms with E-state index in [1.165, 1.54) is 5.56 Å². The molecular weight excluding hydrogens is 318 g/mol. The minimum atomic E-state index is -0.136. The van der Waals surface area contributed by atoms with Crippen LogP contribution in [0.3, 0.4) is 0 Å². The van der Waals surface area contributed by atoms with Gasteiger partial charge in [-0.15, -0.1) is 0 Å². The van der Waals surface area contributed by atoms with Gasteiger partial charge in [-0.2, -0.15) is 0 Å². The fourth-order valence-corrected chi connectivity index (χ4v) is 3.38. The van der Waals surface area contributed by atoms with Gasteiger partial charge >= 0.3 is 0 Å². The maximum Gasteiger partial charge on any atom is 0.226 e. The van der Waals surface area contributed by atoms with Crippen LogP contribution in [0.4, 0.5) is 5.69 Å². The molecule has 1 aliphatic rings. The number of fused-ring (bicyclic) bond motifs is 1. The number of aryl methyl sites for hydroxylation is 1. The maximum absolute atomic E-state index is 11.9. The molecular formula is C18H25N5O2. The minimum Gasteiger partial charge on any atom is -0.358 e. The molecule has 2 aromatic heterocycles. The van der Waals surface area contributed by atoms with Gasteiger partial charge in [0.05, 0.1) is 11.9 Å². The van der Waals surface area contributed by atoms with E-state index < -0.39 is 0 Å². The Morgan fingerprint density at radius 2 is 2.16 bits per heavy atom. The van der Waals surface area contributed by atoms with E-state index in [0.717, 1.165) is 37.0 Å². The van der Waals surface area contributed by atoms with Gasteiger partial charge in [0.25, 0.3) is 0 Å². The highest BCUT2D eigenvalue weighted by Gasteiger charge is 2.21. The molecule has 0 radical (unpaired) electrons. The summed E-state index contributed by atoms with van der Waals surface area (Å²) < 4.78 is 2.29. The fourth-order valence-electron chi connectivity index (χ4n) is 3.38. The van der Waals surface area contributed by atoms with Crippen LogP contribution in [-0.2, 0) is 9.59 Å². The summed E-state index contributed by atoms with van der Waals surface area (Å²) in [4.78, 5) is 29.1. The Balaban J connectivity index is 1.76. The number of rotatable bonds is 6. The monoisotopic (exact) mass is 343 g/mol. The average molecular weight is 343 g/mol. The van der Waals surface area contributed by atoms with Crippen LogP contribution in [0.1, 0.15) is 30.9 Å². The normalized spacial score (nSPS) is 16.1. The summed E-state index contributed by atoms with van der Waals surface area (Å²) in [6, 6.07) is 2.46. The van der Waals surface area contributed by atoms with Gasteiger partial charge in [-0.1, -0.05) is 0 Å². The third-order valence-corrected chi connectivity index (χ3v) is 4.81. The number of likely N-dealkylation sites (tertiary alicyclic amines) is 1. The largest absolute Gasteiger partial charge is 0.358 e. The second-order valence-corrected chi connectivity index (χ2v) is 6.72. The molecule has 0 aromatic carbocycles. The smallest absolute Gasteiger partial charge is 0.226 e. The number of piperidine rings is 1. The summed E-state index contributed by atoms with van der Waals surface area (Å²) in [5, 5.41) is 6.40. The summed E-state index contributed by atoms with van der Waals surface area (Å²) in [5.74, 6) is -0.136. The fraction of sp³-hybridized carbons (Fsp3) is 0.500. The van der Waals surface area contributed by atoms with Crippen LogP contribution < -0.4 is 10.6 Å². The van der Waals surface area contributed by atoms with Crippen molar-refractivity contribution < 1.29 is 9.59 Å². The van der Waals surface area contributed by atoms with Gasteiger partial charge in [-0.3, -0.25) is 9.59 Å². The number of hydrogen-bond donors (Lipinski definition) is 2. The predicted molar refractivity (Wildman–Crippen MR) is 97.6 cm³/mol. The minimum absolute atomic E-state index is 0.136. The lowest BCUT2D eigenvalue weighted by Crippen LogP contribution is -2.31. The number of nitrogens with zero attached hydrogens (tertiary/aromatic N) is 3. The van der Waals surface area contributed by atoms with Crippen molar-refractivity contribution in [2.45, 2.75) is 32.2 Å². The van der Waals surface area contributed by atoms with E-state index in [9.17, 15) is 9.59 Å². The van der Waals surface area contributed by atoms with Crippen molar-refractivity contribution in [2.75, 3.05) is 32.0 Å². The van der Waals surface area contributed by atoms with Crippen molar-refractivity contribution in [1.82, 2.24) is 19.8 Å².